The first-order chi connectivity index (χ1) is 7.07. The average Bonchev–Trinajstić information content (AvgIpc) is 2.69. The summed E-state index contributed by atoms with van der Waals surface area (Å²) < 4.78 is 31.9. The van der Waals surface area contributed by atoms with Gasteiger partial charge in [0, 0.05) is 12.4 Å². The maximum atomic E-state index is 10.8. The zero-order valence-electron chi connectivity index (χ0n) is 7.61. The second-order valence-electron chi connectivity index (χ2n) is 2.92. The van der Waals surface area contributed by atoms with Crippen LogP contribution in [0, 0.1) is 0 Å². The summed E-state index contributed by atoms with van der Waals surface area (Å²) in [5.74, 6) is 0. The molecule has 0 radical (unpaired) electrons. The van der Waals surface area contributed by atoms with Crippen LogP contribution in [0.2, 0.25) is 0 Å². The topological polar surface area (TPSA) is 72.2 Å². The number of hydrogen-bond donors (Lipinski definition) is 1. The highest BCUT2D eigenvalue weighted by Gasteiger charge is 2.08. The average molecular weight is 224 g/mol. The summed E-state index contributed by atoms with van der Waals surface area (Å²) in [6.07, 6.45) is 3.36. The van der Waals surface area contributed by atoms with Crippen LogP contribution < -0.4 is 0 Å². The van der Waals surface area contributed by atoms with Crippen molar-refractivity contribution in [2.75, 3.05) is 0 Å². The SMILES string of the molecule is O=S(=O)(O)c1ccc(-n2cccn2)cc1. The molecule has 2 aromatic rings. The lowest BCUT2D eigenvalue weighted by atomic mass is 10.3. The molecule has 0 aliphatic carbocycles. The number of rotatable bonds is 2. The molecule has 2 rings (SSSR count). The Bertz CT molecular complexity index is 544. The van der Waals surface area contributed by atoms with Crippen molar-refractivity contribution in [1.29, 1.82) is 0 Å². The summed E-state index contributed by atoms with van der Waals surface area (Å²) in [5.41, 5.74) is 0.729. The summed E-state index contributed by atoms with van der Waals surface area (Å²) in [6, 6.07) is 7.54. The molecular weight excluding hydrogens is 216 g/mol. The Morgan fingerprint density at radius 2 is 1.87 bits per heavy atom. The molecule has 0 atom stereocenters. The van der Waals surface area contributed by atoms with Gasteiger partial charge in [-0.2, -0.15) is 13.5 Å². The molecule has 0 saturated heterocycles. The molecule has 1 aromatic heterocycles. The molecule has 0 amide bonds. The van der Waals surface area contributed by atoms with Gasteiger partial charge in [0.1, 0.15) is 0 Å². The molecule has 1 aromatic carbocycles. The van der Waals surface area contributed by atoms with Crippen LogP contribution >= 0.6 is 0 Å². The van der Waals surface area contributed by atoms with Crippen LogP contribution in [-0.4, -0.2) is 22.8 Å². The molecular formula is C9H8N2O3S. The second kappa shape index (κ2) is 3.48. The third kappa shape index (κ3) is 2.05. The van der Waals surface area contributed by atoms with Crippen molar-refractivity contribution in [2.45, 2.75) is 4.90 Å². The van der Waals surface area contributed by atoms with Gasteiger partial charge in [-0.05, 0) is 30.3 Å². The summed E-state index contributed by atoms with van der Waals surface area (Å²) in [4.78, 5) is -0.126. The molecule has 0 fully saturated rings. The van der Waals surface area contributed by atoms with Gasteiger partial charge in [0.15, 0.2) is 0 Å². The monoisotopic (exact) mass is 224 g/mol. The second-order valence-corrected chi connectivity index (χ2v) is 4.34. The fourth-order valence-electron chi connectivity index (χ4n) is 1.19. The lowest BCUT2D eigenvalue weighted by molar-refractivity contribution is 0.483. The van der Waals surface area contributed by atoms with Crippen LogP contribution in [0.3, 0.4) is 0 Å². The van der Waals surface area contributed by atoms with E-state index in [-0.39, 0.29) is 4.90 Å². The van der Waals surface area contributed by atoms with E-state index in [1.807, 2.05) is 0 Å². The molecule has 0 spiro atoms. The first-order valence-electron chi connectivity index (χ1n) is 4.15. The molecule has 0 unspecified atom stereocenters. The molecule has 1 heterocycles. The Morgan fingerprint density at radius 3 is 2.33 bits per heavy atom. The zero-order valence-corrected chi connectivity index (χ0v) is 8.42. The van der Waals surface area contributed by atoms with Crippen molar-refractivity contribution in [3.05, 3.63) is 42.7 Å². The van der Waals surface area contributed by atoms with E-state index in [2.05, 4.69) is 5.10 Å². The van der Waals surface area contributed by atoms with Gasteiger partial charge < -0.3 is 0 Å². The number of nitrogens with zero attached hydrogens (tertiary/aromatic N) is 2. The molecule has 0 aliphatic heterocycles. The van der Waals surface area contributed by atoms with Gasteiger partial charge in [-0.3, -0.25) is 4.55 Å². The Morgan fingerprint density at radius 1 is 1.20 bits per heavy atom. The van der Waals surface area contributed by atoms with Gasteiger partial charge in [0.25, 0.3) is 10.1 Å². The van der Waals surface area contributed by atoms with Crippen LogP contribution in [0.4, 0.5) is 0 Å². The van der Waals surface area contributed by atoms with E-state index in [0.717, 1.165) is 5.69 Å². The quantitative estimate of drug-likeness (QED) is 0.776. The minimum absolute atomic E-state index is 0.126. The van der Waals surface area contributed by atoms with E-state index >= 15 is 0 Å². The van der Waals surface area contributed by atoms with Crippen LogP contribution in [0.15, 0.2) is 47.6 Å². The molecule has 78 valence electrons. The summed E-state index contributed by atoms with van der Waals surface area (Å²) >= 11 is 0. The molecule has 0 bridgehead atoms. The highest BCUT2D eigenvalue weighted by atomic mass is 32.2. The van der Waals surface area contributed by atoms with Gasteiger partial charge in [0.2, 0.25) is 0 Å². The smallest absolute Gasteiger partial charge is 0.282 e. The minimum Gasteiger partial charge on any atom is -0.282 e. The Kier molecular flexibility index (Phi) is 2.29. The summed E-state index contributed by atoms with van der Waals surface area (Å²) in [7, 11) is -4.12. The molecule has 5 nitrogen and oxygen atoms in total. The van der Waals surface area contributed by atoms with Crippen molar-refractivity contribution in [1.82, 2.24) is 9.78 Å². The van der Waals surface area contributed by atoms with E-state index in [0.29, 0.717) is 0 Å². The first-order valence-corrected chi connectivity index (χ1v) is 5.59. The first kappa shape index (κ1) is 9.88. The van der Waals surface area contributed by atoms with E-state index < -0.39 is 10.1 Å². The van der Waals surface area contributed by atoms with Crippen LogP contribution in [-0.2, 0) is 10.1 Å². The standard InChI is InChI=1S/C9H8N2O3S/c12-15(13,14)9-4-2-8(3-5-9)11-7-1-6-10-11/h1-7H,(H,12,13,14). The summed E-state index contributed by atoms with van der Waals surface area (Å²) in [6.45, 7) is 0. The maximum Gasteiger partial charge on any atom is 0.294 e. The van der Waals surface area contributed by atoms with Crippen molar-refractivity contribution < 1.29 is 13.0 Å². The van der Waals surface area contributed by atoms with Crippen LogP contribution in [0.1, 0.15) is 0 Å². The third-order valence-corrected chi connectivity index (χ3v) is 2.77. The normalized spacial score (nSPS) is 11.5. The molecule has 15 heavy (non-hydrogen) atoms. The van der Waals surface area contributed by atoms with Gasteiger partial charge in [-0.1, -0.05) is 0 Å². The van der Waals surface area contributed by atoms with Gasteiger partial charge >= 0.3 is 0 Å². The Labute approximate surface area is 86.7 Å². The fraction of sp³-hybridized carbons (Fsp3) is 0. The van der Waals surface area contributed by atoms with E-state index in [9.17, 15) is 8.42 Å². The van der Waals surface area contributed by atoms with Crippen LogP contribution in [0.5, 0.6) is 0 Å². The minimum atomic E-state index is -4.12. The predicted molar refractivity (Wildman–Crippen MR) is 53.4 cm³/mol. The Hall–Kier alpha value is -1.66. The molecule has 0 aliphatic rings. The van der Waals surface area contributed by atoms with E-state index in [1.54, 1.807) is 35.3 Å². The summed E-state index contributed by atoms with van der Waals surface area (Å²) in [5, 5.41) is 3.98. The zero-order chi connectivity index (χ0) is 10.9. The van der Waals surface area contributed by atoms with Crippen molar-refractivity contribution >= 4 is 10.1 Å². The van der Waals surface area contributed by atoms with Crippen molar-refractivity contribution in [3.63, 3.8) is 0 Å². The van der Waals surface area contributed by atoms with E-state index in [1.165, 1.54) is 12.1 Å². The fourth-order valence-corrected chi connectivity index (χ4v) is 1.67. The van der Waals surface area contributed by atoms with Gasteiger partial charge in [0.05, 0.1) is 10.6 Å². The van der Waals surface area contributed by atoms with Crippen molar-refractivity contribution in [3.8, 4) is 5.69 Å². The lowest BCUT2D eigenvalue weighted by Crippen LogP contribution is -1.99. The predicted octanol–water partition coefficient (Wildman–Crippen LogP) is 1.12. The lowest BCUT2D eigenvalue weighted by Gasteiger charge is -2.01. The number of aromatic nitrogens is 2. The largest absolute Gasteiger partial charge is 0.294 e. The number of hydrogen-bond acceptors (Lipinski definition) is 3. The highest BCUT2D eigenvalue weighted by Crippen LogP contribution is 2.12. The molecule has 0 saturated carbocycles. The third-order valence-electron chi connectivity index (χ3n) is 1.90. The van der Waals surface area contributed by atoms with Gasteiger partial charge in [-0.15, -0.1) is 0 Å². The Balaban J connectivity index is 2.42. The molecule has 6 heteroatoms. The highest BCUT2D eigenvalue weighted by molar-refractivity contribution is 7.85. The maximum absolute atomic E-state index is 10.8. The van der Waals surface area contributed by atoms with E-state index in [4.69, 9.17) is 4.55 Å². The van der Waals surface area contributed by atoms with Gasteiger partial charge in [-0.25, -0.2) is 4.68 Å². The molecule has 1 N–H and O–H groups in total. The number of benzene rings is 1. The van der Waals surface area contributed by atoms with Crippen molar-refractivity contribution in [2.24, 2.45) is 0 Å². The van der Waals surface area contributed by atoms with Crippen LogP contribution in [0.25, 0.3) is 5.69 Å².